The molecule has 0 aliphatic carbocycles. The molecule has 1 atom stereocenters. The summed E-state index contributed by atoms with van der Waals surface area (Å²) in [4.78, 5) is 49.8. The molecule has 3 aromatic heterocycles. The summed E-state index contributed by atoms with van der Waals surface area (Å²) in [6, 6.07) is 19.7. The van der Waals surface area contributed by atoms with Crippen molar-refractivity contribution in [2.24, 2.45) is 4.99 Å². The van der Waals surface area contributed by atoms with Crippen LogP contribution in [0.3, 0.4) is 0 Å². The van der Waals surface area contributed by atoms with Gasteiger partial charge in [-0.3, -0.25) is 14.0 Å². The Hall–Kier alpha value is -4.63. The molecule has 0 unspecified atom stereocenters. The molecule has 1 saturated heterocycles. The van der Waals surface area contributed by atoms with E-state index in [-0.39, 0.29) is 41.3 Å². The van der Waals surface area contributed by atoms with Crippen LogP contribution < -0.4 is 11.0 Å². The second-order valence-corrected chi connectivity index (χ2v) is 9.37. The first-order chi connectivity index (χ1) is 19.0. The number of nitrogens with zero attached hydrogens (tertiary/aromatic N) is 4. The summed E-state index contributed by atoms with van der Waals surface area (Å²) in [5, 5.41) is 1.87. The third-order valence-electron chi connectivity index (χ3n) is 6.92. The van der Waals surface area contributed by atoms with Crippen LogP contribution in [0.1, 0.15) is 40.5 Å². The van der Waals surface area contributed by atoms with Gasteiger partial charge in [0.2, 0.25) is 0 Å². The van der Waals surface area contributed by atoms with Gasteiger partial charge in [0.25, 0.3) is 11.5 Å². The van der Waals surface area contributed by atoms with E-state index in [2.05, 4.69) is 4.99 Å². The number of hydrogen-bond acceptors (Lipinski definition) is 6. The Morgan fingerprint density at radius 2 is 1.87 bits per heavy atom. The molecule has 1 amide bonds. The molecule has 0 N–H and O–H groups in total. The first kappa shape index (κ1) is 24.7. The molecule has 1 aliphatic rings. The summed E-state index contributed by atoms with van der Waals surface area (Å²) in [6.45, 7) is 2.69. The number of benzene rings is 2. The monoisotopic (exact) mass is 522 g/mol. The van der Waals surface area contributed by atoms with Crippen molar-refractivity contribution in [3.8, 4) is 0 Å². The van der Waals surface area contributed by atoms with Gasteiger partial charge in [-0.05, 0) is 54.8 Å². The number of carbonyl (C=O) groups excluding carboxylic acids is 2. The number of aromatic nitrogens is 3. The molecule has 9 heteroatoms. The minimum Gasteiger partial charge on any atom is -0.462 e. The standard InChI is InChI=1S/C30H26N4O5/c1-2-38-30(37)24-17-23-26(31-25-14-5-6-15-33(25)29(23)36)34(18-20-11-8-16-39-20)27(24)32-28(35)22-13-7-10-19-9-3-4-12-21(19)22/h3-7,9-10,12-15,17,20H,2,8,11,16,18H2,1H3/t20-/m1/s1. The molecule has 9 nitrogen and oxygen atoms in total. The van der Waals surface area contributed by atoms with Gasteiger partial charge < -0.3 is 14.0 Å². The van der Waals surface area contributed by atoms with E-state index in [9.17, 15) is 14.4 Å². The number of ether oxygens (including phenoxy) is 2. The van der Waals surface area contributed by atoms with Crippen LogP contribution in [0.2, 0.25) is 0 Å². The molecule has 2 aromatic carbocycles. The van der Waals surface area contributed by atoms with Gasteiger partial charge in [-0.25, -0.2) is 9.78 Å². The molecule has 39 heavy (non-hydrogen) atoms. The molecular weight excluding hydrogens is 496 g/mol. The predicted octanol–water partition coefficient (Wildman–Crippen LogP) is 3.90. The fourth-order valence-electron chi connectivity index (χ4n) is 5.09. The summed E-state index contributed by atoms with van der Waals surface area (Å²) >= 11 is 0. The van der Waals surface area contributed by atoms with Gasteiger partial charge in [0, 0.05) is 18.4 Å². The van der Waals surface area contributed by atoms with Gasteiger partial charge in [-0.15, -0.1) is 0 Å². The Balaban J connectivity index is 1.68. The van der Waals surface area contributed by atoms with E-state index in [0.29, 0.717) is 23.5 Å². The molecule has 5 aromatic rings. The third kappa shape index (κ3) is 4.51. The average Bonchev–Trinajstić information content (AvgIpc) is 3.47. The van der Waals surface area contributed by atoms with E-state index < -0.39 is 11.9 Å². The maximum Gasteiger partial charge on any atom is 0.341 e. The molecular formula is C30H26N4O5. The number of hydrogen-bond donors (Lipinski definition) is 0. The Kier molecular flexibility index (Phi) is 6.50. The molecule has 1 fully saturated rings. The minimum atomic E-state index is -0.678. The highest BCUT2D eigenvalue weighted by atomic mass is 16.5. The zero-order chi connectivity index (χ0) is 26.9. The van der Waals surface area contributed by atoms with E-state index in [0.717, 1.165) is 23.6 Å². The fourth-order valence-corrected chi connectivity index (χ4v) is 5.09. The number of rotatable bonds is 5. The van der Waals surface area contributed by atoms with Gasteiger partial charge in [0.15, 0.2) is 5.49 Å². The van der Waals surface area contributed by atoms with Crippen LogP contribution in [0.15, 0.2) is 82.7 Å². The third-order valence-corrected chi connectivity index (χ3v) is 6.92. The molecule has 4 heterocycles. The summed E-state index contributed by atoms with van der Waals surface area (Å²) in [5.41, 5.74) is 0.921. The molecule has 1 aliphatic heterocycles. The molecule has 0 saturated carbocycles. The van der Waals surface area contributed by atoms with Crippen LogP contribution in [0.5, 0.6) is 0 Å². The highest BCUT2D eigenvalue weighted by Gasteiger charge is 2.24. The van der Waals surface area contributed by atoms with Crippen molar-refractivity contribution in [3.05, 3.63) is 99.9 Å². The van der Waals surface area contributed by atoms with E-state index >= 15 is 0 Å². The molecule has 196 valence electrons. The summed E-state index contributed by atoms with van der Waals surface area (Å²) in [6.07, 6.45) is 3.12. The van der Waals surface area contributed by atoms with Crippen LogP contribution in [-0.4, -0.2) is 45.1 Å². The number of fused-ring (bicyclic) bond motifs is 3. The molecule has 0 spiro atoms. The zero-order valence-corrected chi connectivity index (χ0v) is 21.4. The number of carbonyl (C=O) groups is 2. The first-order valence-electron chi connectivity index (χ1n) is 13.0. The Bertz CT molecular complexity index is 1880. The lowest BCUT2D eigenvalue weighted by Gasteiger charge is -2.18. The van der Waals surface area contributed by atoms with Crippen molar-refractivity contribution in [1.29, 1.82) is 0 Å². The highest BCUT2D eigenvalue weighted by Crippen LogP contribution is 2.20. The molecule has 0 bridgehead atoms. The Labute approximate surface area is 223 Å². The van der Waals surface area contributed by atoms with Crippen molar-refractivity contribution >= 4 is 39.3 Å². The smallest absolute Gasteiger partial charge is 0.341 e. The Morgan fingerprint density at radius 1 is 1.05 bits per heavy atom. The lowest BCUT2D eigenvalue weighted by Crippen LogP contribution is -2.35. The van der Waals surface area contributed by atoms with Crippen molar-refractivity contribution in [2.45, 2.75) is 32.4 Å². The summed E-state index contributed by atoms with van der Waals surface area (Å²) in [7, 11) is 0. The van der Waals surface area contributed by atoms with Crippen LogP contribution in [-0.2, 0) is 16.0 Å². The fraction of sp³-hybridized carbons (Fsp3) is 0.233. The predicted molar refractivity (Wildman–Crippen MR) is 146 cm³/mol. The average molecular weight is 523 g/mol. The van der Waals surface area contributed by atoms with E-state index in [1.165, 1.54) is 10.5 Å². The lowest BCUT2D eigenvalue weighted by molar-refractivity contribution is 0.0521. The zero-order valence-electron chi connectivity index (χ0n) is 21.4. The quantitative estimate of drug-likeness (QED) is 0.256. The lowest BCUT2D eigenvalue weighted by atomic mass is 10.0. The second kappa shape index (κ2) is 10.3. The van der Waals surface area contributed by atoms with Crippen molar-refractivity contribution in [3.63, 3.8) is 0 Å². The van der Waals surface area contributed by atoms with Crippen molar-refractivity contribution in [2.75, 3.05) is 13.2 Å². The van der Waals surface area contributed by atoms with E-state index in [4.69, 9.17) is 14.5 Å². The van der Waals surface area contributed by atoms with Crippen LogP contribution in [0, 0.1) is 0 Å². The SMILES string of the molecule is CCOC(=O)c1cc2c(=O)n3ccccc3nc2n(C[C@H]2CCCO2)c1=NC(=O)c1cccc2ccccc12. The highest BCUT2D eigenvalue weighted by molar-refractivity contribution is 6.07. The molecule has 0 radical (unpaired) electrons. The normalized spacial score (nSPS) is 15.8. The van der Waals surface area contributed by atoms with Crippen LogP contribution in [0.4, 0.5) is 0 Å². The first-order valence-corrected chi connectivity index (χ1v) is 13.0. The topological polar surface area (TPSA) is 104 Å². The van der Waals surface area contributed by atoms with Crippen molar-refractivity contribution < 1.29 is 19.1 Å². The number of amides is 1. The van der Waals surface area contributed by atoms with Crippen molar-refractivity contribution in [1.82, 2.24) is 14.0 Å². The number of esters is 1. The minimum absolute atomic E-state index is 0.0192. The van der Waals surface area contributed by atoms with Crippen LogP contribution >= 0.6 is 0 Å². The summed E-state index contributed by atoms with van der Waals surface area (Å²) < 4.78 is 14.3. The summed E-state index contributed by atoms with van der Waals surface area (Å²) in [5.74, 6) is -1.20. The second-order valence-electron chi connectivity index (χ2n) is 9.37. The van der Waals surface area contributed by atoms with Crippen LogP contribution in [0.25, 0.3) is 27.5 Å². The largest absolute Gasteiger partial charge is 0.462 e. The maximum atomic E-state index is 13.7. The van der Waals surface area contributed by atoms with Gasteiger partial charge in [0.1, 0.15) is 16.9 Å². The number of pyridine rings is 2. The van der Waals surface area contributed by atoms with Gasteiger partial charge in [-0.2, -0.15) is 4.99 Å². The van der Waals surface area contributed by atoms with Gasteiger partial charge >= 0.3 is 5.97 Å². The van der Waals surface area contributed by atoms with E-state index in [1.807, 2.05) is 30.3 Å². The van der Waals surface area contributed by atoms with Gasteiger partial charge in [-0.1, -0.05) is 42.5 Å². The Morgan fingerprint density at radius 3 is 2.69 bits per heavy atom. The maximum absolute atomic E-state index is 13.7. The van der Waals surface area contributed by atoms with Gasteiger partial charge in [0.05, 0.1) is 24.6 Å². The molecule has 6 rings (SSSR count). The van der Waals surface area contributed by atoms with E-state index in [1.54, 1.807) is 48.0 Å².